The standard InChI is InChI=1S/C20H26N2O2/c1-7-8-9-22-12(2)20(5,6)16-14(22)10-13(18(23)24)15-17(16)21-11-19(15,3)4/h10-11H,7-9H2,1-6H3/p+1. The molecule has 128 valence electrons. The second-order valence-corrected chi connectivity index (χ2v) is 8.04. The number of benzene rings is 1. The van der Waals surface area contributed by atoms with E-state index in [0.717, 1.165) is 36.3 Å². The summed E-state index contributed by atoms with van der Waals surface area (Å²) in [7, 11) is 0. The van der Waals surface area contributed by atoms with Crippen molar-refractivity contribution in [3.05, 3.63) is 22.8 Å². The summed E-state index contributed by atoms with van der Waals surface area (Å²) >= 11 is 0. The number of carboxylic acids is 1. The minimum atomic E-state index is -0.870. The largest absolute Gasteiger partial charge is 0.478 e. The lowest BCUT2D eigenvalue weighted by Gasteiger charge is -2.22. The van der Waals surface area contributed by atoms with Crippen LogP contribution < -0.4 is 0 Å². The van der Waals surface area contributed by atoms with Gasteiger partial charge in [0.25, 0.3) is 0 Å². The van der Waals surface area contributed by atoms with Crippen LogP contribution >= 0.6 is 0 Å². The summed E-state index contributed by atoms with van der Waals surface area (Å²) in [5, 5.41) is 9.79. The molecule has 4 nitrogen and oxygen atoms in total. The van der Waals surface area contributed by atoms with Gasteiger partial charge in [-0.1, -0.05) is 27.2 Å². The Bertz CT molecular complexity index is 798. The zero-order chi connectivity index (χ0) is 17.9. The molecular formula is C20H27N2O2+. The monoisotopic (exact) mass is 327 g/mol. The van der Waals surface area contributed by atoms with E-state index in [-0.39, 0.29) is 10.8 Å². The Hall–Kier alpha value is -1.97. The van der Waals surface area contributed by atoms with Crippen LogP contribution in [0, 0.1) is 0 Å². The summed E-state index contributed by atoms with van der Waals surface area (Å²) in [5.41, 5.74) is 5.11. The molecule has 0 unspecified atom stereocenters. The lowest BCUT2D eigenvalue weighted by atomic mass is 9.76. The number of hydrogen-bond acceptors (Lipinski definition) is 2. The molecular weight excluding hydrogens is 300 g/mol. The van der Waals surface area contributed by atoms with Crippen molar-refractivity contribution in [1.29, 1.82) is 0 Å². The molecule has 2 heterocycles. The molecule has 0 radical (unpaired) electrons. The Balaban J connectivity index is 2.34. The predicted molar refractivity (Wildman–Crippen MR) is 98.0 cm³/mol. The van der Waals surface area contributed by atoms with Crippen molar-refractivity contribution in [2.75, 3.05) is 6.54 Å². The molecule has 4 heteroatoms. The van der Waals surface area contributed by atoms with Gasteiger partial charge >= 0.3 is 5.97 Å². The highest BCUT2D eigenvalue weighted by atomic mass is 16.4. The molecule has 0 aliphatic carbocycles. The summed E-state index contributed by atoms with van der Waals surface area (Å²) in [6, 6.07) is 1.88. The highest BCUT2D eigenvalue weighted by molar-refractivity contribution is 6.03. The molecule has 0 amide bonds. The maximum Gasteiger partial charge on any atom is 0.336 e. The topological polar surface area (TPSA) is 52.7 Å². The Morgan fingerprint density at radius 2 is 1.92 bits per heavy atom. The van der Waals surface area contributed by atoms with Crippen molar-refractivity contribution in [3.63, 3.8) is 0 Å². The van der Waals surface area contributed by atoms with Gasteiger partial charge in [0.2, 0.25) is 5.69 Å². The van der Waals surface area contributed by atoms with Crippen LogP contribution in [0.15, 0.2) is 11.1 Å². The van der Waals surface area contributed by atoms with E-state index in [9.17, 15) is 9.90 Å². The second-order valence-electron chi connectivity index (χ2n) is 8.04. The van der Waals surface area contributed by atoms with Crippen LogP contribution in [0.4, 0.5) is 11.4 Å². The van der Waals surface area contributed by atoms with Crippen LogP contribution in [0.3, 0.4) is 0 Å². The normalized spacial score (nSPS) is 19.6. The van der Waals surface area contributed by atoms with Crippen molar-refractivity contribution in [1.82, 2.24) is 0 Å². The maximum atomic E-state index is 11.9. The zero-order valence-electron chi connectivity index (χ0n) is 15.5. The third kappa shape index (κ3) is 2.15. The minimum Gasteiger partial charge on any atom is -0.478 e. The van der Waals surface area contributed by atoms with E-state index >= 15 is 0 Å². The zero-order valence-corrected chi connectivity index (χ0v) is 15.5. The number of nitrogens with zero attached hydrogens (tertiary/aromatic N) is 2. The van der Waals surface area contributed by atoms with E-state index in [0.29, 0.717) is 5.56 Å². The van der Waals surface area contributed by atoms with Gasteiger partial charge in [-0.25, -0.2) is 4.79 Å². The van der Waals surface area contributed by atoms with Gasteiger partial charge in [0.15, 0.2) is 5.71 Å². The molecule has 0 spiro atoms. The molecule has 0 saturated carbocycles. The SMILES string of the molecule is CCCC[N+]1=C(C)C(C)(C)c2c1cc(C(=O)O)c1c2N=CC1(C)C. The molecule has 0 bridgehead atoms. The molecule has 1 aromatic carbocycles. The van der Waals surface area contributed by atoms with E-state index < -0.39 is 5.97 Å². The van der Waals surface area contributed by atoms with Crippen molar-refractivity contribution < 1.29 is 14.5 Å². The van der Waals surface area contributed by atoms with Gasteiger partial charge in [-0.2, -0.15) is 4.58 Å². The summed E-state index contributed by atoms with van der Waals surface area (Å²) in [6.07, 6.45) is 4.09. The maximum absolute atomic E-state index is 11.9. The van der Waals surface area contributed by atoms with Crippen molar-refractivity contribution in [3.8, 4) is 0 Å². The third-order valence-corrected chi connectivity index (χ3v) is 5.63. The molecule has 0 atom stereocenters. The van der Waals surface area contributed by atoms with Crippen molar-refractivity contribution in [2.45, 2.75) is 65.2 Å². The number of fused-ring (bicyclic) bond motifs is 3. The summed E-state index contributed by atoms with van der Waals surface area (Å²) in [5.74, 6) is -0.870. The number of hydrogen-bond donors (Lipinski definition) is 1. The second kappa shape index (κ2) is 5.27. The first kappa shape index (κ1) is 16.9. The summed E-state index contributed by atoms with van der Waals surface area (Å²) in [4.78, 5) is 16.6. The number of unbranched alkanes of at least 4 members (excludes halogenated alkanes) is 1. The van der Waals surface area contributed by atoms with Gasteiger partial charge in [0, 0.05) is 36.6 Å². The van der Waals surface area contributed by atoms with E-state index in [2.05, 4.69) is 37.3 Å². The fourth-order valence-corrected chi connectivity index (χ4v) is 4.03. The molecule has 1 aromatic rings. The lowest BCUT2D eigenvalue weighted by Crippen LogP contribution is -2.27. The Morgan fingerprint density at radius 1 is 1.25 bits per heavy atom. The van der Waals surface area contributed by atoms with Gasteiger partial charge in [-0.15, -0.1) is 0 Å². The quantitative estimate of drug-likeness (QED) is 0.823. The first-order valence-corrected chi connectivity index (χ1v) is 8.75. The van der Waals surface area contributed by atoms with E-state index in [1.165, 1.54) is 11.3 Å². The van der Waals surface area contributed by atoms with Gasteiger partial charge in [-0.05, 0) is 13.8 Å². The number of aliphatic imine (C=N–C) groups is 1. The first-order valence-electron chi connectivity index (χ1n) is 8.75. The molecule has 3 rings (SSSR count). The van der Waals surface area contributed by atoms with Crippen LogP contribution in [-0.4, -0.2) is 34.1 Å². The number of rotatable bonds is 4. The average molecular weight is 327 g/mol. The van der Waals surface area contributed by atoms with E-state index in [1.54, 1.807) is 0 Å². The van der Waals surface area contributed by atoms with Gasteiger partial charge in [0.05, 0.1) is 22.2 Å². The van der Waals surface area contributed by atoms with Gasteiger partial charge < -0.3 is 5.11 Å². The average Bonchev–Trinajstić information content (AvgIpc) is 2.90. The Kier molecular flexibility index (Phi) is 3.70. The summed E-state index contributed by atoms with van der Waals surface area (Å²) < 4.78 is 2.30. The van der Waals surface area contributed by atoms with E-state index in [4.69, 9.17) is 0 Å². The highest BCUT2D eigenvalue weighted by Crippen LogP contribution is 2.52. The van der Waals surface area contributed by atoms with Crippen molar-refractivity contribution in [2.24, 2.45) is 4.99 Å². The Morgan fingerprint density at radius 3 is 2.50 bits per heavy atom. The highest BCUT2D eigenvalue weighted by Gasteiger charge is 2.49. The fourth-order valence-electron chi connectivity index (χ4n) is 4.03. The molecule has 0 aromatic heterocycles. The van der Waals surface area contributed by atoms with Crippen LogP contribution in [0.1, 0.15) is 75.9 Å². The van der Waals surface area contributed by atoms with Crippen LogP contribution in [0.25, 0.3) is 0 Å². The Labute approximate surface area is 143 Å². The van der Waals surface area contributed by atoms with Crippen LogP contribution in [0.2, 0.25) is 0 Å². The molecule has 0 fully saturated rings. The molecule has 24 heavy (non-hydrogen) atoms. The van der Waals surface area contributed by atoms with Crippen LogP contribution in [-0.2, 0) is 10.8 Å². The number of carboxylic acid groups (broad SMARTS) is 1. The molecule has 2 aliphatic heterocycles. The first-order chi connectivity index (χ1) is 11.1. The molecule has 0 saturated heterocycles. The van der Waals surface area contributed by atoms with Gasteiger partial charge in [0.1, 0.15) is 6.54 Å². The fraction of sp³-hybridized carbons (Fsp3) is 0.550. The smallest absolute Gasteiger partial charge is 0.336 e. The third-order valence-electron chi connectivity index (χ3n) is 5.63. The minimum absolute atomic E-state index is 0.137. The number of carbonyl (C=O) groups is 1. The predicted octanol–water partition coefficient (Wildman–Crippen LogP) is 4.57. The van der Waals surface area contributed by atoms with Crippen LogP contribution in [0.5, 0.6) is 0 Å². The van der Waals surface area contributed by atoms with E-state index in [1.807, 2.05) is 26.1 Å². The lowest BCUT2D eigenvalue weighted by molar-refractivity contribution is -0.439. The van der Waals surface area contributed by atoms with Gasteiger partial charge in [-0.3, -0.25) is 4.99 Å². The van der Waals surface area contributed by atoms with Crippen molar-refractivity contribution >= 4 is 29.3 Å². The summed E-state index contributed by atoms with van der Waals surface area (Å²) in [6.45, 7) is 13.8. The molecule has 1 N–H and O–H groups in total. The number of aromatic carboxylic acids is 1. The molecule has 2 aliphatic rings.